The van der Waals surface area contributed by atoms with Crippen molar-refractivity contribution in [1.82, 2.24) is 15.1 Å². The molecule has 190 valence electrons. The van der Waals surface area contributed by atoms with E-state index in [0.29, 0.717) is 16.2 Å². The Bertz CT molecular complexity index is 1610. The number of nitrogens with one attached hydrogen (secondary N) is 2. The minimum atomic E-state index is -3.11. The van der Waals surface area contributed by atoms with Gasteiger partial charge in [0.25, 0.3) is 5.91 Å². The van der Waals surface area contributed by atoms with Crippen molar-refractivity contribution in [3.05, 3.63) is 64.5 Å². The van der Waals surface area contributed by atoms with Crippen LogP contribution in [0.4, 0.5) is 10.1 Å². The van der Waals surface area contributed by atoms with E-state index in [1.165, 1.54) is 24.3 Å². The highest BCUT2D eigenvalue weighted by Gasteiger charge is 2.39. The molecule has 0 spiro atoms. The molecule has 0 bridgehead atoms. The number of piperidine rings is 1. The number of ether oxygens (including phenoxy) is 1. The monoisotopic (exact) mass is 504 g/mol. The van der Waals surface area contributed by atoms with E-state index in [2.05, 4.69) is 5.32 Å². The standard InChI is InChI=1S/C27H31FN4O4/c1-16-12-31(13-17(2)36-16)14-18-6-7-22(28)19(10-18)11-29-23-5-3-4-20-21(23)15-32(27(20)35)24-8-9-25(33)30-26(24)34/h3-7,10,16-17,24,29H,8-9,11-15H2,1-2H3,(H,30,33,34)/i8D2,9D2,12D2,13D2,16D,17D. The van der Waals surface area contributed by atoms with E-state index in [4.69, 9.17) is 18.4 Å². The van der Waals surface area contributed by atoms with Gasteiger partial charge in [-0.15, -0.1) is 0 Å². The molecule has 3 amide bonds. The number of rotatable bonds is 6. The van der Waals surface area contributed by atoms with E-state index < -0.39 is 74.0 Å². The van der Waals surface area contributed by atoms with Gasteiger partial charge >= 0.3 is 0 Å². The van der Waals surface area contributed by atoms with E-state index in [9.17, 15) is 18.8 Å². The lowest BCUT2D eigenvalue weighted by Crippen LogP contribution is -2.52. The third kappa shape index (κ3) is 4.99. The lowest BCUT2D eigenvalue weighted by molar-refractivity contribution is -0.136. The molecule has 3 atom stereocenters. The minimum absolute atomic E-state index is 0.0719. The first-order valence-electron chi connectivity index (χ1n) is 16.2. The summed E-state index contributed by atoms with van der Waals surface area (Å²) >= 11 is 0. The van der Waals surface area contributed by atoms with Crippen molar-refractivity contribution in [2.45, 2.75) is 64.4 Å². The maximum atomic E-state index is 15.0. The van der Waals surface area contributed by atoms with E-state index in [-0.39, 0.29) is 29.8 Å². The summed E-state index contributed by atoms with van der Waals surface area (Å²) in [6.45, 7) is -4.13. The summed E-state index contributed by atoms with van der Waals surface area (Å²) in [5, 5.41) is 4.81. The molecule has 36 heavy (non-hydrogen) atoms. The number of nitrogens with zero attached hydrogens (tertiary/aromatic N) is 2. The van der Waals surface area contributed by atoms with Crippen LogP contribution in [0.15, 0.2) is 36.4 Å². The van der Waals surface area contributed by atoms with E-state index in [1.807, 2.05) is 0 Å². The number of amides is 3. The second-order valence-electron chi connectivity index (χ2n) is 8.56. The number of imide groups is 1. The molecule has 8 nitrogen and oxygen atoms in total. The number of hydrogen-bond acceptors (Lipinski definition) is 6. The third-order valence-corrected chi connectivity index (χ3v) is 5.93. The zero-order valence-electron chi connectivity index (χ0n) is 29.6. The first-order chi connectivity index (χ1) is 21.0. The van der Waals surface area contributed by atoms with Crippen LogP contribution >= 0.6 is 0 Å². The second-order valence-corrected chi connectivity index (χ2v) is 8.56. The average molecular weight is 505 g/mol. The highest BCUT2D eigenvalue weighted by Crippen LogP contribution is 2.32. The zero-order valence-corrected chi connectivity index (χ0v) is 19.6. The number of morpholine rings is 1. The summed E-state index contributed by atoms with van der Waals surface area (Å²) in [5.74, 6) is -4.04. The highest BCUT2D eigenvalue weighted by molar-refractivity contribution is 6.06. The van der Waals surface area contributed by atoms with E-state index in [0.717, 1.165) is 24.8 Å². The van der Waals surface area contributed by atoms with Gasteiger partial charge in [-0.05, 0) is 50.0 Å². The van der Waals surface area contributed by atoms with Gasteiger partial charge < -0.3 is 15.0 Å². The second kappa shape index (κ2) is 9.99. The number of anilines is 1. The van der Waals surface area contributed by atoms with Gasteiger partial charge in [-0.25, -0.2) is 4.39 Å². The fraction of sp³-hybridized carbons (Fsp3) is 0.444. The molecule has 3 aliphatic heterocycles. The summed E-state index contributed by atoms with van der Waals surface area (Å²) in [6.07, 6.45) is -10.8. The summed E-state index contributed by atoms with van der Waals surface area (Å²) < 4.78 is 103. The van der Waals surface area contributed by atoms with Gasteiger partial charge in [-0.1, -0.05) is 12.1 Å². The molecule has 0 saturated carbocycles. The summed E-state index contributed by atoms with van der Waals surface area (Å²) in [4.78, 5) is 39.6. The number of hydrogen-bond donors (Lipinski definition) is 2. The van der Waals surface area contributed by atoms with Crippen molar-refractivity contribution < 1.29 is 37.2 Å². The van der Waals surface area contributed by atoms with E-state index >= 15 is 0 Å². The Morgan fingerprint density at radius 2 is 1.97 bits per heavy atom. The first-order valence-corrected chi connectivity index (χ1v) is 11.2. The summed E-state index contributed by atoms with van der Waals surface area (Å²) in [5.41, 5.74) is 1.08. The minimum Gasteiger partial charge on any atom is -0.381 e. The fourth-order valence-electron chi connectivity index (χ4n) is 4.36. The van der Waals surface area contributed by atoms with Crippen LogP contribution in [-0.4, -0.2) is 58.7 Å². The SMILES string of the molecule is [2H]C1(C)OC([2H])(C)C([2H])([2H])N(Cc2ccc(F)c(CNc3cccc4c3CN(C3C(=O)NC(=O)C([2H])([2H])C3([2H])[2H])C4=O)c2)C1([2H])[2H]. The van der Waals surface area contributed by atoms with Crippen molar-refractivity contribution in [1.29, 1.82) is 0 Å². The van der Waals surface area contributed by atoms with Gasteiger partial charge in [0.15, 0.2) is 0 Å². The molecule has 3 heterocycles. The number of fused-ring (bicyclic) bond motifs is 1. The predicted octanol–water partition coefficient (Wildman–Crippen LogP) is 2.81. The zero-order chi connectivity index (χ0) is 34.4. The highest BCUT2D eigenvalue weighted by atomic mass is 19.1. The fourth-order valence-corrected chi connectivity index (χ4v) is 4.36. The normalized spacial score (nSPS) is 38.4. The number of carbonyl (C=O) groups is 3. The van der Waals surface area contributed by atoms with Crippen molar-refractivity contribution in [2.24, 2.45) is 0 Å². The topological polar surface area (TPSA) is 91.0 Å². The van der Waals surface area contributed by atoms with Gasteiger partial charge in [0.05, 0.1) is 14.9 Å². The smallest absolute Gasteiger partial charge is 0.255 e. The maximum Gasteiger partial charge on any atom is 0.255 e. The molecule has 2 aromatic carbocycles. The molecule has 0 radical (unpaired) electrons. The Kier molecular flexibility index (Phi) is 4.18. The van der Waals surface area contributed by atoms with Crippen molar-refractivity contribution >= 4 is 23.4 Å². The van der Waals surface area contributed by atoms with E-state index in [1.54, 1.807) is 11.4 Å². The molecule has 2 fully saturated rings. The third-order valence-electron chi connectivity index (χ3n) is 5.93. The number of halogens is 1. The molecular weight excluding hydrogens is 463 g/mol. The molecule has 3 aliphatic rings. The Morgan fingerprint density at radius 3 is 2.75 bits per heavy atom. The van der Waals surface area contributed by atoms with Crippen LogP contribution in [0.5, 0.6) is 0 Å². The van der Waals surface area contributed by atoms with Crippen molar-refractivity contribution in [3.8, 4) is 0 Å². The largest absolute Gasteiger partial charge is 0.381 e. The Balaban J connectivity index is 1.39. The van der Waals surface area contributed by atoms with Crippen LogP contribution in [0, 0.1) is 5.82 Å². The molecule has 2 N–H and O–H groups in total. The molecule has 2 saturated heterocycles. The molecule has 5 rings (SSSR count). The van der Waals surface area contributed by atoms with Crippen molar-refractivity contribution in [3.63, 3.8) is 0 Å². The van der Waals surface area contributed by atoms with Crippen LogP contribution in [0.2, 0.25) is 0 Å². The predicted molar refractivity (Wildman–Crippen MR) is 131 cm³/mol. The number of carbonyl (C=O) groups excluding carboxylic acids is 3. The number of benzene rings is 2. The Morgan fingerprint density at radius 1 is 1.19 bits per heavy atom. The van der Waals surface area contributed by atoms with Crippen LogP contribution in [-0.2, 0) is 34.0 Å². The van der Waals surface area contributed by atoms with Crippen LogP contribution in [0.25, 0.3) is 0 Å². The molecule has 3 unspecified atom stereocenters. The Labute approximate surface area is 223 Å². The van der Waals surface area contributed by atoms with Crippen LogP contribution in [0.1, 0.15) is 67.3 Å². The molecule has 0 aromatic heterocycles. The maximum absolute atomic E-state index is 15.0. The first kappa shape index (κ1) is 15.1. The van der Waals surface area contributed by atoms with Crippen molar-refractivity contribution in [2.75, 3.05) is 18.3 Å². The van der Waals surface area contributed by atoms with Gasteiger partial charge in [-0.3, -0.25) is 24.6 Å². The van der Waals surface area contributed by atoms with Gasteiger partial charge in [-0.2, -0.15) is 0 Å². The molecule has 0 aliphatic carbocycles. The average Bonchev–Trinajstić information content (AvgIpc) is 3.25. The lowest BCUT2D eigenvalue weighted by atomic mass is 10.0. The summed E-state index contributed by atoms with van der Waals surface area (Å²) in [7, 11) is 0. The lowest BCUT2D eigenvalue weighted by Gasteiger charge is -2.35. The molecular formula is C27H31FN4O4. The quantitative estimate of drug-likeness (QED) is 0.588. The van der Waals surface area contributed by atoms with Gasteiger partial charge in [0.1, 0.15) is 11.9 Å². The van der Waals surface area contributed by atoms with Crippen LogP contribution in [0.3, 0.4) is 0 Å². The molecule has 2 aromatic rings. The molecule has 9 heteroatoms. The Hall–Kier alpha value is -3.30. The van der Waals surface area contributed by atoms with Crippen LogP contribution < -0.4 is 10.6 Å². The summed E-state index contributed by atoms with van der Waals surface area (Å²) in [6, 6.07) is 6.35. The van der Waals surface area contributed by atoms with Gasteiger partial charge in [0.2, 0.25) is 11.8 Å². The van der Waals surface area contributed by atoms with Gasteiger partial charge in [0, 0.05) is 72.3 Å².